The smallest absolute Gasteiger partial charge is 0.222 e. The van der Waals surface area contributed by atoms with Crippen LogP contribution in [0.25, 0.3) is 0 Å². The number of hydrogen-bond acceptors (Lipinski definition) is 4. The van der Waals surface area contributed by atoms with E-state index in [0.717, 1.165) is 51.2 Å². The second-order valence-electron chi connectivity index (χ2n) is 7.50. The van der Waals surface area contributed by atoms with Crippen molar-refractivity contribution < 1.29 is 9.53 Å². The highest BCUT2D eigenvalue weighted by Crippen LogP contribution is 2.21. The first-order valence-corrected chi connectivity index (χ1v) is 10.1. The van der Waals surface area contributed by atoms with Gasteiger partial charge in [0.05, 0.1) is 7.11 Å². The molecule has 26 heavy (non-hydrogen) atoms. The van der Waals surface area contributed by atoms with Crippen LogP contribution in [0.5, 0.6) is 5.75 Å². The molecule has 0 radical (unpaired) electrons. The second-order valence-corrected chi connectivity index (χ2v) is 7.50. The minimum atomic E-state index is 0.347. The van der Waals surface area contributed by atoms with E-state index in [0.29, 0.717) is 11.9 Å². The van der Waals surface area contributed by atoms with Crippen LogP contribution in [-0.4, -0.2) is 61.6 Å². The van der Waals surface area contributed by atoms with Crippen LogP contribution in [-0.2, 0) is 11.3 Å². The molecule has 0 saturated carbocycles. The average molecular weight is 360 g/mol. The average Bonchev–Trinajstić information content (AvgIpc) is 3.04. The number of ether oxygens (including phenoxy) is 1. The molecule has 0 unspecified atom stereocenters. The van der Waals surface area contributed by atoms with Gasteiger partial charge in [-0.05, 0) is 63.0 Å². The third-order valence-corrected chi connectivity index (χ3v) is 5.68. The molecule has 0 spiro atoms. The van der Waals surface area contributed by atoms with Crippen LogP contribution in [0.1, 0.15) is 44.1 Å². The highest BCUT2D eigenvalue weighted by Gasteiger charge is 2.30. The minimum Gasteiger partial charge on any atom is -0.497 e. The van der Waals surface area contributed by atoms with Crippen molar-refractivity contribution in [1.82, 2.24) is 15.1 Å². The van der Waals surface area contributed by atoms with Gasteiger partial charge in [-0.15, -0.1) is 0 Å². The van der Waals surface area contributed by atoms with Crippen molar-refractivity contribution in [2.75, 3.05) is 39.8 Å². The predicted molar refractivity (Wildman–Crippen MR) is 104 cm³/mol. The number of benzene rings is 1. The Morgan fingerprint density at radius 3 is 2.85 bits per heavy atom. The van der Waals surface area contributed by atoms with Crippen molar-refractivity contribution in [2.24, 2.45) is 0 Å². The lowest BCUT2D eigenvalue weighted by Gasteiger charge is -2.31. The zero-order valence-corrected chi connectivity index (χ0v) is 16.1. The molecule has 5 heteroatoms. The first-order valence-electron chi connectivity index (χ1n) is 10.1. The number of amides is 1. The first kappa shape index (κ1) is 19.2. The molecular weight excluding hydrogens is 326 g/mol. The first-order chi connectivity index (χ1) is 12.8. The Labute approximate surface area is 157 Å². The summed E-state index contributed by atoms with van der Waals surface area (Å²) in [5, 5.41) is 3.52. The fourth-order valence-electron chi connectivity index (χ4n) is 4.12. The van der Waals surface area contributed by atoms with Gasteiger partial charge in [0, 0.05) is 32.1 Å². The van der Waals surface area contributed by atoms with Gasteiger partial charge in [0.1, 0.15) is 5.75 Å². The molecule has 1 aromatic carbocycles. The van der Waals surface area contributed by atoms with Crippen molar-refractivity contribution in [1.29, 1.82) is 0 Å². The van der Waals surface area contributed by atoms with Gasteiger partial charge in [0.2, 0.25) is 5.91 Å². The maximum absolute atomic E-state index is 12.3. The minimum absolute atomic E-state index is 0.347. The van der Waals surface area contributed by atoms with E-state index in [1.807, 2.05) is 12.1 Å². The van der Waals surface area contributed by atoms with Crippen LogP contribution in [0.2, 0.25) is 0 Å². The molecule has 0 bridgehead atoms. The number of hydrogen-bond donors (Lipinski definition) is 1. The topological polar surface area (TPSA) is 44.8 Å². The number of piperidine rings is 1. The molecule has 0 aliphatic carbocycles. The molecule has 1 N–H and O–H groups in total. The van der Waals surface area contributed by atoms with E-state index >= 15 is 0 Å². The largest absolute Gasteiger partial charge is 0.497 e. The van der Waals surface area contributed by atoms with Crippen LogP contribution in [0, 0.1) is 0 Å². The number of carbonyl (C=O) groups is 1. The molecule has 2 saturated heterocycles. The van der Waals surface area contributed by atoms with Crippen LogP contribution in [0.4, 0.5) is 0 Å². The van der Waals surface area contributed by atoms with Crippen molar-refractivity contribution in [2.45, 2.75) is 51.1 Å². The lowest BCUT2D eigenvalue weighted by molar-refractivity contribution is -0.129. The highest BCUT2D eigenvalue weighted by atomic mass is 16.5. The summed E-state index contributed by atoms with van der Waals surface area (Å²) >= 11 is 0. The Morgan fingerprint density at radius 1 is 1.19 bits per heavy atom. The Balaban J connectivity index is 1.39. The van der Waals surface area contributed by atoms with Crippen LogP contribution < -0.4 is 10.1 Å². The number of nitrogens with one attached hydrogen (secondary N) is 1. The third kappa shape index (κ3) is 5.45. The summed E-state index contributed by atoms with van der Waals surface area (Å²) in [6, 6.07) is 8.57. The number of nitrogens with zero attached hydrogens (tertiary/aromatic N) is 2. The molecule has 1 amide bonds. The molecule has 144 valence electrons. The molecule has 3 rings (SSSR count). The molecular formula is C21H33N3O2. The maximum Gasteiger partial charge on any atom is 0.222 e. The number of likely N-dealkylation sites (tertiary alicyclic amines) is 2. The van der Waals surface area contributed by atoms with Crippen molar-refractivity contribution in [3.8, 4) is 5.75 Å². The van der Waals surface area contributed by atoms with Crippen LogP contribution >= 0.6 is 0 Å². The summed E-state index contributed by atoms with van der Waals surface area (Å²) in [5.74, 6) is 1.24. The summed E-state index contributed by atoms with van der Waals surface area (Å²) in [4.78, 5) is 16.9. The van der Waals surface area contributed by atoms with E-state index in [2.05, 4.69) is 27.2 Å². The van der Waals surface area contributed by atoms with Gasteiger partial charge >= 0.3 is 0 Å². The van der Waals surface area contributed by atoms with Crippen molar-refractivity contribution in [3.63, 3.8) is 0 Å². The molecule has 1 aromatic rings. The van der Waals surface area contributed by atoms with Gasteiger partial charge in [-0.25, -0.2) is 0 Å². The maximum atomic E-state index is 12.3. The summed E-state index contributed by atoms with van der Waals surface area (Å²) in [6.07, 6.45) is 6.76. The van der Waals surface area contributed by atoms with Gasteiger partial charge in [0.25, 0.3) is 0 Å². The third-order valence-electron chi connectivity index (χ3n) is 5.68. The number of methoxy groups -OCH3 is 1. The standard InChI is InChI=1S/C21H33N3O2/c1-26-20-7-5-6-18(16-20)17-22-11-10-19-8-9-21(25)24(19)15-14-23-12-3-2-4-13-23/h5-7,16,19,22H,2-4,8-15,17H2,1H3/t19-/m1/s1. The van der Waals surface area contributed by atoms with E-state index in [9.17, 15) is 4.79 Å². The number of rotatable bonds is 9. The number of carbonyl (C=O) groups excluding carboxylic acids is 1. The Kier molecular flexibility index (Phi) is 7.32. The molecule has 2 aliphatic rings. The van der Waals surface area contributed by atoms with Gasteiger partial charge in [-0.1, -0.05) is 18.6 Å². The van der Waals surface area contributed by atoms with E-state index in [1.165, 1.54) is 37.9 Å². The fourth-order valence-corrected chi connectivity index (χ4v) is 4.12. The SMILES string of the molecule is COc1cccc(CNCC[C@H]2CCC(=O)N2CCN2CCCCC2)c1. The molecule has 2 fully saturated rings. The van der Waals surface area contributed by atoms with Crippen LogP contribution in [0.15, 0.2) is 24.3 Å². The molecule has 1 atom stereocenters. The monoisotopic (exact) mass is 359 g/mol. The van der Waals surface area contributed by atoms with Gasteiger partial charge in [-0.3, -0.25) is 4.79 Å². The van der Waals surface area contributed by atoms with Gasteiger partial charge < -0.3 is 19.9 Å². The summed E-state index contributed by atoms with van der Waals surface area (Å²) < 4.78 is 5.27. The zero-order chi connectivity index (χ0) is 18.2. The lowest BCUT2D eigenvalue weighted by atomic mass is 10.1. The van der Waals surface area contributed by atoms with Gasteiger partial charge in [-0.2, -0.15) is 0 Å². The lowest BCUT2D eigenvalue weighted by Crippen LogP contribution is -2.42. The second kappa shape index (κ2) is 9.93. The predicted octanol–water partition coefficient (Wildman–Crippen LogP) is 2.65. The summed E-state index contributed by atoms with van der Waals surface area (Å²) in [6.45, 7) is 6.13. The molecule has 2 aliphatic heterocycles. The quantitative estimate of drug-likeness (QED) is 0.689. The zero-order valence-electron chi connectivity index (χ0n) is 16.1. The Morgan fingerprint density at radius 2 is 2.04 bits per heavy atom. The summed E-state index contributed by atoms with van der Waals surface area (Å²) in [7, 11) is 1.70. The fraction of sp³-hybridized carbons (Fsp3) is 0.667. The van der Waals surface area contributed by atoms with E-state index < -0.39 is 0 Å². The van der Waals surface area contributed by atoms with Gasteiger partial charge in [0.15, 0.2) is 0 Å². The van der Waals surface area contributed by atoms with E-state index in [-0.39, 0.29) is 0 Å². The summed E-state index contributed by atoms with van der Waals surface area (Å²) in [5.41, 5.74) is 1.23. The Hall–Kier alpha value is -1.59. The van der Waals surface area contributed by atoms with Crippen molar-refractivity contribution >= 4 is 5.91 Å². The molecule has 0 aromatic heterocycles. The van der Waals surface area contributed by atoms with E-state index in [1.54, 1.807) is 7.11 Å². The highest BCUT2D eigenvalue weighted by molar-refractivity contribution is 5.78. The van der Waals surface area contributed by atoms with Crippen LogP contribution in [0.3, 0.4) is 0 Å². The normalized spacial score (nSPS) is 21.3. The van der Waals surface area contributed by atoms with E-state index in [4.69, 9.17) is 4.74 Å². The van der Waals surface area contributed by atoms with Crippen molar-refractivity contribution in [3.05, 3.63) is 29.8 Å². The Bertz CT molecular complexity index is 572. The molecule has 2 heterocycles. The molecule has 5 nitrogen and oxygen atoms in total.